The summed E-state index contributed by atoms with van der Waals surface area (Å²) >= 11 is 6.73. The maximum absolute atomic E-state index is 6.03. The van der Waals surface area contributed by atoms with E-state index in [1.54, 1.807) is 11.3 Å². The topological polar surface area (TPSA) is 79.1 Å². The van der Waals surface area contributed by atoms with E-state index in [9.17, 15) is 0 Å². The van der Waals surface area contributed by atoms with Crippen LogP contribution in [0.15, 0.2) is 42.6 Å². The van der Waals surface area contributed by atoms with E-state index in [1.807, 2.05) is 12.1 Å². The molecule has 1 aliphatic rings. The number of thiazole rings is 1. The summed E-state index contributed by atoms with van der Waals surface area (Å²) in [5.41, 5.74) is 17.2. The molecule has 142 valence electrons. The standard InChI is InChI=1S/C21H20N4OS2/c22-20(27)13-3-1-2-12(10-13)16-11-25(14-6-8-26-9-7-14)18-15(16)4-5-17-19(18)28-21(23)24-17/h1-5,10-11,14H,6-9H2,(H2,22,27)(H2,23,24). The zero-order valence-electron chi connectivity index (χ0n) is 15.2. The van der Waals surface area contributed by atoms with E-state index in [1.165, 1.54) is 16.5 Å². The Bertz CT molecular complexity index is 1200. The summed E-state index contributed by atoms with van der Waals surface area (Å²) in [4.78, 5) is 4.90. The summed E-state index contributed by atoms with van der Waals surface area (Å²) in [5.74, 6) is 0. The van der Waals surface area contributed by atoms with Gasteiger partial charge in [-0.25, -0.2) is 4.98 Å². The van der Waals surface area contributed by atoms with Gasteiger partial charge >= 0.3 is 0 Å². The van der Waals surface area contributed by atoms with Crippen molar-refractivity contribution in [1.29, 1.82) is 0 Å². The summed E-state index contributed by atoms with van der Waals surface area (Å²) in [6.45, 7) is 1.58. The molecule has 5 rings (SSSR count). The van der Waals surface area contributed by atoms with E-state index in [4.69, 9.17) is 28.4 Å². The van der Waals surface area contributed by atoms with Crippen LogP contribution >= 0.6 is 23.6 Å². The molecule has 0 saturated carbocycles. The van der Waals surface area contributed by atoms with Crippen LogP contribution < -0.4 is 11.5 Å². The Balaban J connectivity index is 1.79. The molecule has 1 aliphatic heterocycles. The van der Waals surface area contributed by atoms with Crippen LogP contribution in [-0.2, 0) is 4.74 Å². The second-order valence-electron chi connectivity index (χ2n) is 7.10. The van der Waals surface area contributed by atoms with Crippen LogP contribution in [0.25, 0.3) is 32.2 Å². The lowest BCUT2D eigenvalue weighted by molar-refractivity contribution is 0.0708. The third kappa shape index (κ3) is 2.87. The molecule has 0 aliphatic carbocycles. The van der Waals surface area contributed by atoms with Gasteiger partial charge in [0.1, 0.15) is 4.99 Å². The van der Waals surface area contributed by atoms with Crippen molar-refractivity contribution >= 4 is 54.8 Å². The Kier molecular flexibility index (Phi) is 4.30. The maximum Gasteiger partial charge on any atom is 0.181 e. The van der Waals surface area contributed by atoms with E-state index < -0.39 is 0 Å². The number of anilines is 1. The molecular weight excluding hydrogens is 388 g/mol. The molecular formula is C21H20N4OS2. The molecule has 0 spiro atoms. The molecule has 2 aromatic heterocycles. The minimum absolute atomic E-state index is 0.401. The first-order valence-corrected chi connectivity index (χ1v) is 10.5. The molecule has 1 fully saturated rings. The Hall–Kier alpha value is -2.48. The number of ether oxygens (including phenoxy) is 1. The second-order valence-corrected chi connectivity index (χ2v) is 8.57. The van der Waals surface area contributed by atoms with E-state index in [2.05, 4.69) is 40.0 Å². The van der Waals surface area contributed by atoms with E-state index in [0.717, 1.165) is 47.4 Å². The van der Waals surface area contributed by atoms with Crippen molar-refractivity contribution in [3.8, 4) is 11.1 Å². The number of nitrogens with zero attached hydrogens (tertiary/aromatic N) is 2. The monoisotopic (exact) mass is 408 g/mol. The third-order valence-corrected chi connectivity index (χ3v) is 6.55. The molecule has 3 heterocycles. The van der Waals surface area contributed by atoms with Crippen LogP contribution in [0.3, 0.4) is 0 Å². The number of nitrogens with two attached hydrogens (primary N) is 2. The molecule has 1 saturated heterocycles. The SMILES string of the molecule is NC(=S)c1cccc(-c2cn(C3CCOCC3)c3c2ccc2nc(N)sc23)c1. The van der Waals surface area contributed by atoms with Gasteiger partial charge in [-0.2, -0.15) is 0 Å². The number of rotatable bonds is 3. The molecule has 5 nitrogen and oxygen atoms in total. The Morgan fingerprint density at radius 2 is 2.04 bits per heavy atom. The highest BCUT2D eigenvalue weighted by molar-refractivity contribution is 7.80. The van der Waals surface area contributed by atoms with Gasteiger partial charge in [0, 0.05) is 42.0 Å². The smallest absolute Gasteiger partial charge is 0.181 e. The summed E-state index contributed by atoms with van der Waals surface area (Å²) in [6, 6.07) is 12.7. The van der Waals surface area contributed by atoms with Crippen molar-refractivity contribution in [2.75, 3.05) is 18.9 Å². The summed E-state index contributed by atoms with van der Waals surface area (Å²) in [5, 5.41) is 1.79. The van der Waals surface area contributed by atoms with Crippen LogP contribution in [0.4, 0.5) is 5.13 Å². The highest BCUT2D eigenvalue weighted by Crippen LogP contribution is 2.41. The molecule has 0 amide bonds. The van der Waals surface area contributed by atoms with Crippen molar-refractivity contribution in [3.05, 3.63) is 48.2 Å². The zero-order valence-corrected chi connectivity index (χ0v) is 16.9. The van der Waals surface area contributed by atoms with Crippen molar-refractivity contribution in [1.82, 2.24) is 9.55 Å². The Morgan fingerprint density at radius 3 is 2.82 bits per heavy atom. The molecule has 0 atom stereocenters. The van der Waals surface area contributed by atoms with Gasteiger partial charge in [0.15, 0.2) is 5.13 Å². The van der Waals surface area contributed by atoms with Gasteiger partial charge in [0.25, 0.3) is 0 Å². The first-order chi connectivity index (χ1) is 13.6. The lowest BCUT2D eigenvalue weighted by atomic mass is 10.0. The maximum atomic E-state index is 6.03. The van der Waals surface area contributed by atoms with Crippen LogP contribution in [0, 0.1) is 0 Å². The average Bonchev–Trinajstić information content (AvgIpc) is 3.28. The van der Waals surface area contributed by atoms with Crippen LogP contribution in [0.5, 0.6) is 0 Å². The summed E-state index contributed by atoms with van der Waals surface area (Å²) < 4.78 is 9.13. The van der Waals surface area contributed by atoms with Gasteiger partial charge in [0.2, 0.25) is 0 Å². The number of benzene rings is 2. The van der Waals surface area contributed by atoms with E-state index >= 15 is 0 Å². The van der Waals surface area contributed by atoms with Crippen molar-refractivity contribution in [2.24, 2.45) is 5.73 Å². The lowest BCUT2D eigenvalue weighted by Gasteiger charge is -2.24. The largest absolute Gasteiger partial charge is 0.389 e. The summed E-state index contributed by atoms with van der Waals surface area (Å²) in [6.07, 6.45) is 4.26. The number of nitrogen functional groups attached to an aromatic ring is 1. The van der Waals surface area contributed by atoms with Gasteiger partial charge in [-0.3, -0.25) is 0 Å². The first-order valence-electron chi connectivity index (χ1n) is 9.29. The van der Waals surface area contributed by atoms with Crippen molar-refractivity contribution in [3.63, 3.8) is 0 Å². The lowest BCUT2D eigenvalue weighted by Crippen LogP contribution is -2.18. The third-order valence-electron chi connectivity index (χ3n) is 5.41. The van der Waals surface area contributed by atoms with Crippen molar-refractivity contribution in [2.45, 2.75) is 18.9 Å². The van der Waals surface area contributed by atoms with Gasteiger partial charge in [-0.1, -0.05) is 41.8 Å². The van der Waals surface area contributed by atoms with Gasteiger partial charge < -0.3 is 20.8 Å². The van der Waals surface area contributed by atoms with Crippen LogP contribution in [0.1, 0.15) is 24.4 Å². The molecule has 2 aromatic carbocycles. The van der Waals surface area contributed by atoms with Crippen LogP contribution in [-0.4, -0.2) is 27.8 Å². The fraction of sp³-hybridized carbons (Fsp3) is 0.238. The van der Waals surface area contributed by atoms with Gasteiger partial charge in [-0.15, -0.1) is 0 Å². The molecule has 7 heteroatoms. The highest BCUT2D eigenvalue weighted by atomic mass is 32.1. The number of hydrogen-bond acceptors (Lipinski definition) is 5. The van der Waals surface area contributed by atoms with Crippen molar-refractivity contribution < 1.29 is 4.74 Å². The quantitative estimate of drug-likeness (QED) is 0.489. The predicted octanol–water partition coefficient (Wildman–Crippen LogP) is 4.49. The molecule has 0 bridgehead atoms. The summed E-state index contributed by atoms with van der Waals surface area (Å²) in [7, 11) is 0. The Morgan fingerprint density at radius 1 is 1.21 bits per heavy atom. The normalized spacial score (nSPS) is 15.4. The Labute approximate surface area is 171 Å². The van der Waals surface area contributed by atoms with Gasteiger partial charge in [0.05, 0.1) is 15.7 Å². The first kappa shape index (κ1) is 17.6. The number of fused-ring (bicyclic) bond motifs is 3. The number of thiocarbonyl (C=S) groups is 1. The fourth-order valence-electron chi connectivity index (χ4n) is 4.06. The molecule has 0 unspecified atom stereocenters. The van der Waals surface area contributed by atoms with E-state index in [-0.39, 0.29) is 0 Å². The van der Waals surface area contributed by atoms with E-state index in [0.29, 0.717) is 16.2 Å². The average molecular weight is 409 g/mol. The fourth-order valence-corrected chi connectivity index (χ4v) is 5.07. The minimum Gasteiger partial charge on any atom is -0.389 e. The molecule has 0 radical (unpaired) electrons. The minimum atomic E-state index is 0.401. The number of aromatic nitrogens is 2. The molecule has 28 heavy (non-hydrogen) atoms. The predicted molar refractivity (Wildman–Crippen MR) is 120 cm³/mol. The molecule has 4 N–H and O–H groups in total. The zero-order chi connectivity index (χ0) is 19.3. The second kappa shape index (κ2) is 6.84. The molecule has 4 aromatic rings. The number of hydrogen-bond donors (Lipinski definition) is 2. The van der Waals surface area contributed by atoms with Crippen LogP contribution in [0.2, 0.25) is 0 Å². The van der Waals surface area contributed by atoms with Gasteiger partial charge in [-0.05, 0) is 36.6 Å². The highest BCUT2D eigenvalue weighted by Gasteiger charge is 2.22.